The fraction of sp³-hybridized carbons (Fsp3) is 0.700. The second-order valence-corrected chi connectivity index (χ2v) is 6.79. The number of nitrogens with two attached hydrogens (primary N) is 1. The minimum atomic E-state index is -3.11. The van der Waals surface area contributed by atoms with Crippen molar-refractivity contribution in [2.45, 2.75) is 18.9 Å². The summed E-state index contributed by atoms with van der Waals surface area (Å²) >= 11 is 0. The van der Waals surface area contributed by atoms with Gasteiger partial charge in [-0.3, -0.25) is 4.79 Å². The van der Waals surface area contributed by atoms with E-state index in [0.717, 1.165) is 0 Å². The molecule has 1 unspecified atom stereocenters. The van der Waals surface area contributed by atoms with Crippen molar-refractivity contribution in [3.8, 4) is 0 Å². The lowest BCUT2D eigenvalue weighted by atomic mass is 10.1. The molecule has 0 aromatic carbocycles. The zero-order chi connectivity index (χ0) is 15.3. The molecule has 4 N–H and O–H groups in total. The van der Waals surface area contributed by atoms with Gasteiger partial charge >= 0.3 is 12.0 Å². The maximum absolute atomic E-state index is 11.8. The van der Waals surface area contributed by atoms with Gasteiger partial charge in [0.05, 0.1) is 11.5 Å². The van der Waals surface area contributed by atoms with Crippen molar-refractivity contribution in [1.29, 1.82) is 0 Å². The molecule has 10 heteroatoms. The number of hydrogen-bond donors (Lipinski definition) is 3. The normalized spacial score (nSPS) is 19.1. The molecule has 0 bridgehead atoms. The number of primary amides is 1. The number of carbonyl (C=O) groups is 3. The molecule has 0 radical (unpaired) electrons. The molecule has 1 atom stereocenters. The summed E-state index contributed by atoms with van der Waals surface area (Å²) in [6, 6.07) is -1.88. The topological polar surface area (TPSA) is 147 Å². The van der Waals surface area contributed by atoms with Gasteiger partial charge in [-0.2, -0.15) is 0 Å². The predicted molar refractivity (Wildman–Crippen MR) is 68.6 cm³/mol. The van der Waals surface area contributed by atoms with E-state index in [0.29, 0.717) is 0 Å². The Labute approximate surface area is 116 Å². The second kappa shape index (κ2) is 6.55. The van der Waals surface area contributed by atoms with Crippen LogP contribution in [0.3, 0.4) is 0 Å². The summed E-state index contributed by atoms with van der Waals surface area (Å²) in [6.07, 6.45) is -0.270. The third kappa shape index (κ3) is 5.03. The number of rotatable bonds is 5. The van der Waals surface area contributed by atoms with Crippen LogP contribution in [0.2, 0.25) is 0 Å². The molecule has 114 valence electrons. The molecule has 1 aliphatic rings. The van der Waals surface area contributed by atoms with Gasteiger partial charge in [0.25, 0.3) is 0 Å². The minimum Gasteiger partial charge on any atom is -0.480 e. The molecule has 0 spiro atoms. The Hall–Kier alpha value is -1.84. The standard InChI is InChI=1S/C10H17N3O6S/c11-8(14)2-1-7(9(15)16)12-10(17)13-3-5-20(18,19)6-4-13/h7H,1-6H2,(H2,11,14)(H,12,17)(H,15,16). The monoisotopic (exact) mass is 307 g/mol. The van der Waals surface area contributed by atoms with Gasteiger partial charge in [0, 0.05) is 19.5 Å². The zero-order valence-corrected chi connectivity index (χ0v) is 11.6. The van der Waals surface area contributed by atoms with Crippen molar-refractivity contribution in [3.05, 3.63) is 0 Å². The van der Waals surface area contributed by atoms with Gasteiger partial charge in [-0.25, -0.2) is 18.0 Å². The molecule has 9 nitrogen and oxygen atoms in total. The van der Waals surface area contributed by atoms with E-state index < -0.39 is 33.8 Å². The summed E-state index contributed by atoms with van der Waals surface area (Å²) in [6.45, 7) is 0.0483. The first-order valence-electron chi connectivity index (χ1n) is 5.98. The van der Waals surface area contributed by atoms with E-state index in [4.69, 9.17) is 10.8 Å². The van der Waals surface area contributed by atoms with Crippen LogP contribution in [0.1, 0.15) is 12.8 Å². The lowest BCUT2D eigenvalue weighted by molar-refractivity contribution is -0.139. The Morgan fingerprint density at radius 3 is 2.25 bits per heavy atom. The van der Waals surface area contributed by atoms with E-state index in [1.807, 2.05) is 0 Å². The molecule has 1 rings (SSSR count). The van der Waals surface area contributed by atoms with Crippen LogP contribution in [0.15, 0.2) is 0 Å². The second-order valence-electron chi connectivity index (χ2n) is 4.48. The average Bonchev–Trinajstić information content (AvgIpc) is 2.33. The number of nitrogens with one attached hydrogen (secondary N) is 1. The summed E-state index contributed by atoms with van der Waals surface area (Å²) in [5.41, 5.74) is 4.92. The van der Waals surface area contributed by atoms with Crippen LogP contribution in [-0.4, -0.2) is 67.0 Å². The van der Waals surface area contributed by atoms with Gasteiger partial charge in [0.1, 0.15) is 6.04 Å². The highest BCUT2D eigenvalue weighted by atomic mass is 32.2. The largest absolute Gasteiger partial charge is 0.480 e. The lowest BCUT2D eigenvalue weighted by Crippen LogP contribution is -2.52. The molecule has 1 saturated heterocycles. The molecule has 0 aliphatic carbocycles. The van der Waals surface area contributed by atoms with Crippen molar-refractivity contribution in [1.82, 2.24) is 10.2 Å². The van der Waals surface area contributed by atoms with Crippen LogP contribution in [0.5, 0.6) is 0 Å². The number of carboxylic acids is 1. The molecule has 20 heavy (non-hydrogen) atoms. The number of hydrogen-bond acceptors (Lipinski definition) is 5. The van der Waals surface area contributed by atoms with Gasteiger partial charge in [-0.1, -0.05) is 0 Å². The quantitative estimate of drug-likeness (QED) is 0.543. The van der Waals surface area contributed by atoms with Crippen LogP contribution in [0.4, 0.5) is 4.79 Å². The maximum atomic E-state index is 11.8. The summed E-state index contributed by atoms with van der Waals surface area (Å²) in [7, 11) is -3.11. The van der Waals surface area contributed by atoms with Crippen molar-refractivity contribution in [2.75, 3.05) is 24.6 Å². The number of carboxylic acid groups (broad SMARTS) is 1. The molecule has 1 aliphatic heterocycles. The molecular formula is C10H17N3O6S. The number of urea groups is 1. The molecular weight excluding hydrogens is 290 g/mol. The predicted octanol–water partition coefficient (Wildman–Crippen LogP) is -1.85. The zero-order valence-electron chi connectivity index (χ0n) is 10.7. The van der Waals surface area contributed by atoms with Gasteiger partial charge in [-0.05, 0) is 6.42 Å². The highest BCUT2D eigenvalue weighted by molar-refractivity contribution is 7.91. The number of aliphatic carboxylic acids is 1. The number of carbonyl (C=O) groups excluding carboxylic acids is 2. The van der Waals surface area contributed by atoms with E-state index in [1.165, 1.54) is 4.90 Å². The fourth-order valence-electron chi connectivity index (χ4n) is 1.70. The van der Waals surface area contributed by atoms with Crippen LogP contribution in [0.25, 0.3) is 0 Å². The molecule has 0 saturated carbocycles. The highest BCUT2D eigenvalue weighted by Gasteiger charge is 2.28. The first kappa shape index (κ1) is 16.2. The Balaban J connectivity index is 2.54. The number of amides is 3. The van der Waals surface area contributed by atoms with Crippen LogP contribution in [-0.2, 0) is 19.4 Å². The lowest BCUT2D eigenvalue weighted by Gasteiger charge is -2.28. The van der Waals surface area contributed by atoms with E-state index in [9.17, 15) is 22.8 Å². The van der Waals surface area contributed by atoms with Crippen molar-refractivity contribution in [3.63, 3.8) is 0 Å². The van der Waals surface area contributed by atoms with Crippen molar-refractivity contribution >= 4 is 27.7 Å². The third-order valence-corrected chi connectivity index (χ3v) is 4.52. The molecule has 3 amide bonds. The smallest absolute Gasteiger partial charge is 0.326 e. The van der Waals surface area contributed by atoms with Crippen LogP contribution >= 0.6 is 0 Å². The van der Waals surface area contributed by atoms with Gasteiger partial charge in [0.2, 0.25) is 5.91 Å². The van der Waals surface area contributed by atoms with Crippen molar-refractivity contribution in [2.24, 2.45) is 5.73 Å². The third-order valence-electron chi connectivity index (χ3n) is 2.91. The van der Waals surface area contributed by atoms with E-state index in [1.54, 1.807) is 0 Å². The van der Waals surface area contributed by atoms with Gasteiger partial charge < -0.3 is 21.1 Å². The van der Waals surface area contributed by atoms with Crippen LogP contribution in [0, 0.1) is 0 Å². The maximum Gasteiger partial charge on any atom is 0.326 e. The Bertz CT molecular complexity index is 489. The summed E-state index contributed by atoms with van der Waals surface area (Å²) in [4.78, 5) is 34.6. The van der Waals surface area contributed by atoms with Gasteiger partial charge in [0.15, 0.2) is 9.84 Å². The molecule has 0 aromatic heterocycles. The number of nitrogens with zero attached hydrogens (tertiary/aromatic N) is 1. The van der Waals surface area contributed by atoms with E-state index in [2.05, 4.69) is 5.32 Å². The Kier molecular flexibility index (Phi) is 5.31. The van der Waals surface area contributed by atoms with Gasteiger partial charge in [-0.15, -0.1) is 0 Å². The summed E-state index contributed by atoms with van der Waals surface area (Å²) < 4.78 is 22.4. The number of sulfone groups is 1. The molecule has 1 heterocycles. The molecule has 1 fully saturated rings. The SMILES string of the molecule is NC(=O)CCC(NC(=O)N1CCS(=O)(=O)CC1)C(=O)O. The Morgan fingerprint density at radius 1 is 1.25 bits per heavy atom. The highest BCUT2D eigenvalue weighted by Crippen LogP contribution is 2.05. The molecule has 0 aromatic rings. The average molecular weight is 307 g/mol. The van der Waals surface area contributed by atoms with E-state index >= 15 is 0 Å². The first-order valence-corrected chi connectivity index (χ1v) is 7.80. The Morgan fingerprint density at radius 2 is 1.80 bits per heavy atom. The van der Waals surface area contributed by atoms with E-state index in [-0.39, 0.29) is 37.4 Å². The summed E-state index contributed by atoms with van der Waals surface area (Å²) in [5, 5.41) is 11.2. The first-order chi connectivity index (χ1) is 9.21. The van der Waals surface area contributed by atoms with Crippen molar-refractivity contribution < 1.29 is 27.9 Å². The minimum absolute atomic E-state index is 0.0241. The summed E-state index contributed by atoms with van der Waals surface area (Å²) in [5.74, 6) is -2.21. The van der Waals surface area contributed by atoms with Crippen LogP contribution < -0.4 is 11.1 Å². The fourth-order valence-corrected chi connectivity index (χ4v) is 2.90.